The summed E-state index contributed by atoms with van der Waals surface area (Å²) in [5.41, 5.74) is 2.78. The molecule has 1 aromatic heterocycles. The summed E-state index contributed by atoms with van der Waals surface area (Å²) in [6, 6.07) is 12.1. The van der Waals surface area contributed by atoms with Crippen LogP contribution in [0.3, 0.4) is 0 Å². The van der Waals surface area contributed by atoms with Gasteiger partial charge in [0.2, 0.25) is 0 Å². The van der Waals surface area contributed by atoms with E-state index in [1.54, 1.807) is 0 Å². The largest absolute Gasteiger partial charge is 0.452 e. The Morgan fingerprint density at radius 2 is 2.12 bits per heavy atom. The Bertz CT molecular complexity index is 533. The first-order chi connectivity index (χ1) is 8.24. The molecule has 1 aliphatic carbocycles. The first kappa shape index (κ1) is 11.1. The van der Waals surface area contributed by atoms with E-state index in [0.717, 1.165) is 12.8 Å². The molecule has 0 radical (unpaired) electrons. The van der Waals surface area contributed by atoms with Gasteiger partial charge in [-0.1, -0.05) is 24.3 Å². The second kappa shape index (κ2) is 4.31. The predicted octanol–water partition coefficient (Wildman–Crippen LogP) is 3.81. The number of fused-ring (bicyclic) bond motifs is 1. The third kappa shape index (κ3) is 2.05. The molecule has 2 nitrogen and oxygen atoms in total. The fraction of sp³-hybridized carbons (Fsp3) is 0.286. The molecule has 3 heteroatoms. The van der Waals surface area contributed by atoms with Crippen molar-refractivity contribution in [2.75, 3.05) is 0 Å². The Kier molecular flexibility index (Phi) is 2.81. The van der Waals surface area contributed by atoms with Crippen LogP contribution in [0.5, 0.6) is 0 Å². The molecule has 17 heavy (non-hydrogen) atoms. The number of rotatable bonds is 3. The van der Waals surface area contributed by atoms with Gasteiger partial charge in [0.15, 0.2) is 4.67 Å². The van der Waals surface area contributed by atoms with Gasteiger partial charge in [-0.15, -0.1) is 0 Å². The zero-order valence-corrected chi connectivity index (χ0v) is 10.9. The lowest BCUT2D eigenvalue weighted by atomic mass is 9.74. The lowest BCUT2D eigenvalue weighted by Crippen LogP contribution is -2.19. The van der Waals surface area contributed by atoms with Gasteiger partial charge in [-0.05, 0) is 57.9 Å². The Balaban J connectivity index is 1.70. The van der Waals surface area contributed by atoms with E-state index in [-0.39, 0.29) is 0 Å². The smallest absolute Gasteiger partial charge is 0.169 e. The Morgan fingerprint density at radius 1 is 1.29 bits per heavy atom. The quantitative estimate of drug-likeness (QED) is 0.933. The Hall–Kier alpha value is -1.06. The molecule has 1 aromatic carbocycles. The minimum atomic E-state index is -0.514. The van der Waals surface area contributed by atoms with Gasteiger partial charge in [0.1, 0.15) is 11.9 Å². The van der Waals surface area contributed by atoms with E-state index in [9.17, 15) is 5.11 Å². The van der Waals surface area contributed by atoms with Crippen molar-refractivity contribution in [1.29, 1.82) is 0 Å². The molecule has 2 atom stereocenters. The second-order valence-electron chi connectivity index (χ2n) is 4.49. The van der Waals surface area contributed by atoms with Gasteiger partial charge in [-0.2, -0.15) is 0 Å². The summed E-state index contributed by atoms with van der Waals surface area (Å²) < 4.78 is 6.04. The number of hydrogen-bond acceptors (Lipinski definition) is 2. The van der Waals surface area contributed by atoms with Crippen LogP contribution in [-0.4, -0.2) is 5.11 Å². The molecule has 2 aromatic rings. The topological polar surface area (TPSA) is 33.4 Å². The number of benzene rings is 1. The third-order valence-corrected chi connectivity index (χ3v) is 3.82. The van der Waals surface area contributed by atoms with E-state index in [1.165, 1.54) is 11.1 Å². The summed E-state index contributed by atoms with van der Waals surface area (Å²) in [6.07, 6.45) is 1.28. The molecule has 2 unspecified atom stereocenters. The SMILES string of the molecule is OC(CC1Cc2ccccc21)c1ccc(Br)o1. The third-order valence-electron chi connectivity index (χ3n) is 3.39. The highest BCUT2D eigenvalue weighted by atomic mass is 79.9. The highest BCUT2D eigenvalue weighted by Gasteiger charge is 2.28. The van der Waals surface area contributed by atoms with Crippen molar-refractivity contribution >= 4 is 15.9 Å². The van der Waals surface area contributed by atoms with Crippen molar-refractivity contribution in [3.05, 3.63) is 58.0 Å². The van der Waals surface area contributed by atoms with Gasteiger partial charge in [-0.25, -0.2) is 0 Å². The standard InChI is InChI=1S/C14H13BrO2/c15-14-6-5-13(17-14)12(16)8-10-7-9-3-1-2-4-11(9)10/h1-6,10,12,16H,7-8H2. The zero-order valence-electron chi connectivity index (χ0n) is 9.27. The van der Waals surface area contributed by atoms with E-state index < -0.39 is 6.10 Å². The van der Waals surface area contributed by atoms with E-state index in [4.69, 9.17) is 4.42 Å². The maximum absolute atomic E-state index is 10.1. The van der Waals surface area contributed by atoms with Crippen molar-refractivity contribution in [3.63, 3.8) is 0 Å². The lowest BCUT2D eigenvalue weighted by molar-refractivity contribution is 0.127. The first-order valence-electron chi connectivity index (χ1n) is 5.75. The van der Waals surface area contributed by atoms with Gasteiger partial charge in [0.25, 0.3) is 0 Å². The molecule has 1 aliphatic rings. The Labute approximate surface area is 108 Å². The van der Waals surface area contributed by atoms with Gasteiger partial charge < -0.3 is 9.52 Å². The fourth-order valence-corrected chi connectivity index (χ4v) is 2.79. The molecule has 1 heterocycles. The van der Waals surface area contributed by atoms with E-state index in [1.807, 2.05) is 12.1 Å². The molecule has 0 fully saturated rings. The predicted molar refractivity (Wildman–Crippen MR) is 68.9 cm³/mol. The van der Waals surface area contributed by atoms with Gasteiger partial charge >= 0.3 is 0 Å². The Morgan fingerprint density at radius 3 is 2.82 bits per heavy atom. The van der Waals surface area contributed by atoms with Crippen LogP contribution in [-0.2, 0) is 6.42 Å². The number of furan rings is 1. The molecular formula is C14H13BrO2. The summed E-state index contributed by atoms with van der Waals surface area (Å²) in [5, 5.41) is 10.1. The number of aliphatic hydroxyl groups excluding tert-OH is 1. The van der Waals surface area contributed by atoms with Crippen LogP contribution in [0.25, 0.3) is 0 Å². The number of hydrogen-bond donors (Lipinski definition) is 1. The van der Waals surface area contributed by atoms with Crippen LogP contribution >= 0.6 is 15.9 Å². The molecule has 1 N–H and O–H groups in total. The summed E-state index contributed by atoms with van der Waals surface area (Å²) in [5.74, 6) is 1.10. The van der Waals surface area contributed by atoms with Crippen LogP contribution < -0.4 is 0 Å². The minimum absolute atomic E-state index is 0.463. The molecule has 0 saturated carbocycles. The average molecular weight is 293 g/mol. The van der Waals surface area contributed by atoms with Crippen LogP contribution in [0.2, 0.25) is 0 Å². The summed E-state index contributed by atoms with van der Waals surface area (Å²) >= 11 is 3.25. The van der Waals surface area contributed by atoms with Gasteiger partial charge in [-0.3, -0.25) is 0 Å². The first-order valence-corrected chi connectivity index (χ1v) is 6.54. The molecule has 0 spiro atoms. The van der Waals surface area contributed by atoms with Crippen molar-refractivity contribution in [2.24, 2.45) is 0 Å². The second-order valence-corrected chi connectivity index (χ2v) is 5.27. The van der Waals surface area contributed by atoms with E-state index >= 15 is 0 Å². The summed E-state index contributed by atoms with van der Waals surface area (Å²) in [7, 11) is 0. The summed E-state index contributed by atoms with van der Waals surface area (Å²) in [6.45, 7) is 0. The van der Waals surface area contributed by atoms with Gasteiger partial charge in [0, 0.05) is 0 Å². The summed E-state index contributed by atoms with van der Waals surface area (Å²) in [4.78, 5) is 0. The van der Waals surface area contributed by atoms with Crippen LogP contribution in [0.4, 0.5) is 0 Å². The maximum Gasteiger partial charge on any atom is 0.169 e. The molecule has 0 amide bonds. The monoisotopic (exact) mass is 292 g/mol. The van der Waals surface area contributed by atoms with Crippen molar-refractivity contribution in [1.82, 2.24) is 0 Å². The highest BCUT2D eigenvalue weighted by molar-refractivity contribution is 9.10. The maximum atomic E-state index is 10.1. The van der Waals surface area contributed by atoms with Gasteiger partial charge in [0.05, 0.1) is 0 Å². The van der Waals surface area contributed by atoms with Crippen molar-refractivity contribution in [2.45, 2.75) is 24.9 Å². The molecule has 0 aliphatic heterocycles. The molecule has 3 rings (SSSR count). The van der Waals surface area contributed by atoms with Crippen LogP contribution in [0.15, 0.2) is 45.5 Å². The zero-order chi connectivity index (χ0) is 11.8. The normalized spacial score (nSPS) is 19.5. The number of halogens is 1. The van der Waals surface area contributed by atoms with E-state index in [0.29, 0.717) is 16.3 Å². The number of aliphatic hydroxyl groups is 1. The molecule has 0 bridgehead atoms. The lowest BCUT2D eigenvalue weighted by Gasteiger charge is -2.31. The highest BCUT2D eigenvalue weighted by Crippen LogP contribution is 2.40. The van der Waals surface area contributed by atoms with E-state index in [2.05, 4.69) is 40.2 Å². The molecule has 0 saturated heterocycles. The van der Waals surface area contributed by atoms with Crippen LogP contribution in [0, 0.1) is 0 Å². The minimum Gasteiger partial charge on any atom is -0.452 e. The molecule has 88 valence electrons. The van der Waals surface area contributed by atoms with Crippen molar-refractivity contribution in [3.8, 4) is 0 Å². The van der Waals surface area contributed by atoms with Crippen molar-refractivity contribution < 1.29 is 9.52 Å². The fourth-order valence-electron chi connectivity index (χ4n) is 2.47. The average Bonchev–Trinajstić information content (AvgIpc) is 2.73. The molecular weight excluding hydrogens is 280 g/mol. The van der Waals surface area contributed by atoms with Crippen LogP contribution in [0.1, 0.15) is 35.3 Å².